The Morgan fingerprint density at radius 1 is 0.955 bits per heavy atom. The zero-order chi connectivity index (χ0) is 16.5. The summed E-state index contributed by atoms with van der Waals surface area (Å²) in [4.78, 5) is 0.276. The van der Waals surface area contributed by atoms with Crippen molar-refractivity contribution in [1.82, 2.24) is 0 Å². The fourth-order valence-electron chi connectivity index (χ4n) is 2.84. The topological polar surface area (TPSA) is 43.4 Å². The van der Waals surface area contributed by atoms with Crippen LogP contribution in [-0.4, -0.2) is 15.0 Å². The van der Waals surface area contributed by atoms with Crippen LogP contribution in [0.4, 0.5) is 0 Å². The van der Waals surface area contributed by atoms with E-state index in [4.69, 9.17) is 4.18 Å². The molecule has 0 bridgehead atoms. The molecule has 0 aromatic heterocycles. The highest BCUT2D eigenvalue weighted by molar-refractivity contribution is 7.87. The average Bonchev–Trinajstić information content (AvgIpc) is 2.44. The first-order valence-corrected chi connectivity index (χ1v) is 9.15. The van der Waals surface area contributed by atoms with E-state index in [0.29, 0.717) is 5.92 Å². The molecule has 4 heteroatoms. The van der Waals surface area contributed by atoms with Crippen LogP contribution >= 0.6 is 0 Å². The van der Waals surface area contributed by atoms with Crippen LogP contribution in [0, 0.1) is 0 Å². The first-order valence-electron chi connectivity index (χ1n) is 7.74. The van der Waals surface area contributed by atoms with E-state index in [2.05, 4.69) is 27.7 Å². The Kier molecular flexibility index (Phi) is 4.93. The first kappa shape index (κ1) is 17.0. The van der Waals surface area contributed by atoms with Crippen LogP contribution in [0.15, 0.2) is 35.2 Å². The first-order chi connectivity index (χ1) is 10.3. The van der Waals surface area contributed by atoms with Gasteiger partial charge in [-0.1, -0.05) is 52.0 Å². The van der Waals surface area contributed by atoms with Gasteiger partial charge in [0.25, 0.3) is 10.1 Å². The summed E-state index contributed by atoms with van der Waals surface area (Å²) in [5, 5.41) is 1.80. The van der Waals surface area contributed by atoms with E-state index >= 15 is 0 Å². The lowest BCUT2D eigenvalue weighted by molar-refractivity contribution is 0.338. The molecule has 0 unspecified atom stereocenters. The Balaban J connectivity index is 2.92. The van der Waals surface area contributed by atoms with Gasteiger partial charge in [-0.2, -0.15) is 8.42 Å². The molecule has 2 aromatic rings. The van der Waals surface area contributed by atoms with Gasteiger partial charge in [0, 0.05) is 5.39 Å². The van der Waals surface area contributed by atoms with Crippen molar-refractivity contribution in [2.24, 2.45) is 0 Å². The maximum absolute atomic E-state index is 12.5. The Hall–Kier alpha value is -1.39. The summed E-state index contributed by atoms with van der Waals surface area (Å²) in [6, 6.07) is 9.60. The van der Waals surface area contributed by atoms with E-state index in [1.807, 2.05) is 24.3 Å². The zero-order valence-electron chi connectivity index (χ0n) is 13.9. The summed E-state index contributed by atoms with van der Waals surface area (Å²) in [6.45, 7) is 10.2. The molecule has 0 aliphatic carbocycles. The molecule has 3 nitrogen and oxygen atoms in total. The van der Waals surface area contributed by atoms with E-state index in [9.17, 15) is 8.42 Å². The van der Waals surface area contributed by atoms with Crippen LogP contribution < -0.4 is 0 Å². The molecule has 0 atom stereocenters. The molecule has 120 valence electrons. The van der Waals surface area contributed by atoms with E-state index < -0.39 is 10.1 Å². The van der Waals surface area contributed by atoms with Gasteiger partial charge < -0.3 is 0 Å². The Labute approximate surface area is 133 Å². The van der Waals surface area contributed by atoms with Gasteiger partial charge in [0.15, 0.2) is 0 Å². The third kappa shape index (κ3) is 3.03. The van der Waals surface area contributed by atoms with Crippen molar-refractivity contribution < 1.29 is 12.6 Å². The lowest BCUT2D eigenvalue weighted by Crippen LogP contribution is -2.09. The molecule has 0 saturated carbocycles. The van der Waals surface area contributed by atoms with Gasteiger partial charge in [0.2, 0.25) is 0 Å². The minimum Gasteiger partial charge on any atom is -0.267 e. The summed E-state index contributed by atoms with van der Waals surface area (Å²) >= 11 is 0. The van der Waals surface area contributed by atoms with Gasteiger partial charge in [-0.25, -0.2) is 0 Å². The summed E-state index contributed by atoms with van der Waals surface area (Å²) in [5.41, 5.74) is 2.20. The Morgan fingerprint density at radius 3 is 2.14 bits per heavy atom. The maximum atomic E-state index is 12.5. The maximum Gasteiger partial charge on any atom is 0.297 e. The fourth-order valence-corrected chi connectivity index (χ4v) is 3.99. The minimum atomic E-state index is -3.74. The molecule has 0 aliphatic heterocycles. The highest BCUT2D eigenvalue weighted by Crippen LogP contribution is 2.36. The Bertz CT molecular complexity index is 774. The molecule has 2 aromatic carbocycles. The normalized spacial score (nSPS) is 12.5. The molecule has 0 amide bonds. The highest BCUT2D eigenvalue weighted by Gasteiger charge is 2.22. The monoisotopic (exact) mass is 320 g/mol. The Morgan fingerprint density at radius 2 is 1.59 bits per heavy atom. The van der Waals surface area contributed by atoms with Crippen LogP contribution in [0.5, 0.6) is 0 Å². The number of rotatable bonds is 5. The SMILES string of the molecule is CCOS(=O)(=O)c1ccc(C(C)C)c2cccc(C(C)C)c12. The number of benzene rings is 2. The van der Waals surface area contributed by atoms with Gasteiger partial charge in [-0.15, -0.1) is 0 Å². The lowest BCUT2D eigenvalue weighted by atomic mass is 9.90. The molecule has 2 rings (SSSR count). The average molecular weight is 320 g/mol. The molecular formula is C18H24O3S. The second-order valence-electron chi connectivity index (χ2n) is 6.09. The molecule has 22 heavy (non-hydrogen) atoms. The van der Waals surface area contributed by atoms with Crippen LogP contribution in [0.2, 0.25) is 0 Å². The summed E-state index contributed by atoms with van der Waals surface area (Å²) < 4.78 is 30.0. The molecule has 0 spiro atoms. The third-order valence-electron chi connectivity index (χ3n) is 3.85. The molecule has 0 aliphatic rings. The van der Waals surface area contributed by atoms with Gasteiger partial charge >= 0.3 is 0 Å². The molecule has 0 N–H and O–H groups in total. The zero-order valence-corrected chi connectivity index (χ0v) is 14.7. The number of hydrogen-bond acceptors (Lipinski definition) is 3. The van der Waals surface area contributed by atoms with Crippen molar-refractivity contribution in [2.75, 3.05) is 6.61 Å². The smallest absolute Gasteiger partial charge is 0.267 e. The van der Waals surface area contributed by atoms with Crippen LogP contribution in [-0.2, 0) is 14.3 Å². The molecule has 0 heterocycles. The number of hydrogen-bond donors (Lipinski definition) is 0. The van der Waals surface area contributed by atoms with Crippen LogP contribution in [0.3, 0.4) is 0 Å². The van der Waals surface area contributed by atoms with Crippen molar-refractivity contribution in [2.45, 2.75) is 51.3 Å². The van der Waals surface area contributed by atoms with Crippen LogP contribution in [0.25, 0.3) is 10.8 Å². The van der Waals surface area contributed by atoms with Crippen molar-refractivity contribution in [3.05, 3.63) is 41.5 Å². The van der Waals surface area contributed by atoms with Crippen LogP contribution in [0.1, 0.15) is 57.6 Å². The summed E-state index contributed by atoms with van der Waals surface area (Å²) in [5.74, 6) is 0.565. The van der Waals surface area contributed by atoms with Gasteiger partial charge in [-0.3, -0.25) is 4.18 Å². The minimum absolute atomic E-state index is 0.138. The molecular weight excluding hydrogens is 296 g/mol. The van der Waals surface area contributed by atoms with Gasteiger partial charge in [0.05, 0.1) is 6.61 Å². The molecule has 0 fully saturated rings. The van der Waals surface area contributed by atoms with E-state index in [1.54, 1.807) is 13.0 Å². The predicted molar refractivity (Wildman–Crippen MR) is 90.9 cm³/mol. The predicted octanol–water partition coefficient (Wildman–Crippen LogP) is 4.81. The largest absolute Gasteiger partial charge is 0.297 e. The summed E-state index contributed by atoms with van der Waals surface area (Å²) in [6.07, 6.45) is 0. The molecule has 0 radical (unpaired) electrons. The van der Waals surface area contributed by atoms with Gasteiger partial charge in [0.1, 0.15) is 4.90 Å². The lowest BCUT2D eigenvalue weighted by Gasteiger charge is -2.18. The summed E-state index contributed by atoms with van der Waals surface area (Å²) in [7, 11) is -3.74. The van der Waals surface area contributed by atoms with Crippen molar-refractivity contribution in [1.29, 1.82) is 0 Å². The molecule has 0 saturated heterocycles. The quantitative estimate of drug-likeness (QED) is 0.742. The van der Waals surface area contributed by atoms with E-state index in [0.717, 1.165) is 21.9 Å². The van der Waals surface area contributed by atoms with Crippen molar-refractivity contribution in [3.63, 3.8) is 0 Å². The number of fused-ring (bicyclic) bond motifs is 1. The van der Waals surface area contributed by atoms with Crippen molar-refractivity contribution in [3.8, 4) is 0 Å². The van der Waals surface area contributed by atoms with E-state index in [1.165, 1.54) is 0 Å². The second kappa shape index (κ2) is 6.39. The fraction of sp³-hybridized carbons (Fsp3) is 0.444. The van der Waals surface area contributed by atoms with Gasteiger partial charge in [-0.05, 0) is 41.3 Å². The van der Waals surface area contributed by atoms with Crippen molar-refractivity contribution >= 4 is 20.9 Å². The third-order valence-corrected chi connectivity index (χ3v) is 5.28. The second-order valence-corrected chi connectivity index (χ2v) is 7.68. The standard InChI is InChI=1S/C18H24O3S/c1-6-21-22(19,20)17-11-10-14(12(2)3)16-9-7-8-15(13(4)5)18(16)17/h7-13H,6H2,1-5H3. The highest BCUT2D eigenvalue weighted by atomic mass is 32.2. The van der Waals surface area contributed by atoms with E-state index in [-0.39, 0.29) is 17.4 Å².